The van der Waals surface area contributed by atoms with Gasteiger partial charge < -0.3 is 15.3 Å². The van der Waals surface area contributed by atoms with Gasteiger partial charge in [-0.3, -0.25) is 0 Å². The number of hydrogen-bond donors (Lipinski definition) is 2. The summed E-state index contributed by atoms with van der Waals surface area (Å²) in [5.41, 5.74) is 2.58. The zero-order valence-corrected chi connectivity index (χ0v) is 7.12. The second-order valence-electron chi connectivity index (χ2n) is 2.00. The summed E-state index contributed by atoms with van der Waals surface area (Å²) in [6, 6.07) is 0. The molecule has 0 spiro atoms. The number of nitrogens with one attached hydrogen (secondary N) is 1. The quantitative estimate of drug-likeness (QED) is 0.247. The molecule has 2 N–H and O–H groups in total. The molecule has 0 amide bonds. The first kappa shape index (κ1) is 10.9. The number of nitrogens with zero attached hydrogens (tertiary/aromatic N) is 1. The first-order valence-corrected chi connectivity index (χ1v) is 3.84. The van der Waals surface area contributed by atoms with Gasteiger partial charge in [0.1, 0.15) is 6.21 Å². The molecule has 5 nitrogen and oxygen atoms in total. The molecular formula is C7H14N2O3. The van der Waals surface area contributed by atoms with Crippen LogP contribution in [0, 0.1) is 0 Å². The SMILES string of the molecule is CCOC(=O)/C=N/NCCCO. The van der Waals surface area contributed by atoms with E-state index in [1.807, 2.05) is 0 Å². The number of carbonyl (C=O) groups is 1. The number of ether oxygens (including phenoxy) is 1. The van der Waals surface area contributed by atoms with Crippen LogP contribution in [0.5, 0.6) is 0 Å². The topological polar surface area (TPSA) is 70.9 Å². The smallest absolute Gasteiger partial charge is 0.351 e. The summed E-state index contributed by atoms with van der Waals surface area (Å²) < 4.78 is 4.57. The Labute approximate surface area is 71.4 Å². The van der Waals surface area contributed by atoms with Gasteiger partial charge >= 0.3 is 5.97 Å². The summed E-state index contributed by atoms with van der Waals surface area (Å²) in [5, 5.41) is 11.9. The summed E-state index contributed by atoms with van der Waals surface area (Å²) >= 11 is 0. The molecule has 0 aromatic rings. The summed E-state index contributed by atoms with van der Waals surface area (Å²) in [4.78, 5) is 10.6. The van der Waals surface area contributed by atoms with Crippen molar-refractivity contribution in [2.24, 2.45) is 5.10 Å². The maximum atomic E-state index is 10.6. The third-order valence-electron chi connectivity index (χ3n) is 0.995. The fraction of sp³-hybridized carbons (Fsp3) is 0.714. The van der Waals surface area contributed by atoms with Crippen molar-refractivity contribution in [2.75, 3.05) is 19.8 Å². The minimum absolute atomic E-state index is 0.113. The molecule has 0 atom stereocenters. The fourth-order valence-corrected chi connectivity index (χ4v) is 0.501. The molecule has 0 bridgehead atoms. The van der Waals surface area contributed by atoms with Gasteiger partial charge in [0.25, 0.3) is 0 Å². The van der Waals surface area contributed by atoms with Crippen molar-refractivity contribution in [3.8, 4) is 0 Å². The molecule has 0 aliphatic carbocycles. The van der Waals surface area contributed by atoms with Crippen LogP contribution < -0.4 is 5.43 Å². The highest BCUT2D eigenvalue weighted by Crippen LogP contribution is 1.74. The first-order valence-electron chi connectivity index (χ1n) is 3.84. The van der Waals surface area contributed by atoms with Gasteiger partial charge in [-0.2, -0.15) is 5.10 Å². The van der Waals surface area contributed by atoms with Crippen molar-refractivity contribution in [2.45, 2.75) is 13.3 Å². The van der Waals surface area contributed by atoms with E-state index in [0.717, 1.165) is 6.21 Å². The van der Waals surface area contributed by atoms with Crippen LogP contribution in [0.3, 0.4) is 0 Å². The molecule has 0 saturated carbocycles. The monoisotopic (exact) mass is 174 g/mol. The molecule has 70 valence electrons. The Kier molecular flexibility index (Phi) is 7.27. The van der Waals surface area contributed by atoms with Crippen LogP contribution in [0.2, 0.25) is 0 Å². The summed E-state index contributed by atoms with van der Waals surface area (Å²) in [7, 11) is 0. The van der Waals surface area contributed by atoms with E-state index in [9.17, 15) is 4.79 Å². The lowest BCUT2D eigenvalue weighted by atomic mass is 10.5. The van der Waals surface area contributed by atoms with Gasteiger partial charge in [-0.1, -0.05) is 0 Å². The highest BCUT2D eigenvalue weighted by Gasteiger charge is 1.92. The zero-order chi connectivity index (χ0) is 9.23. The maximum absolute atomic E-state index is 10.6. The second-order valence-corrected chi connectivity index (χ2v) is 2.00. The molecule has 0 aromatic carbocycles. The van der Waals surface area contributed by atoms with E-state index >= 15 is 0 Å². The number of carbonyl (C=O) groups excluding carboxylic acids is 1. The maximum Gasteiger partial charge on any atom is 0.351 e. The fourth-order valence-electron chi connectivity index (χ4n) is 0.501. The van der Waals surface area contributed by atoms with Crippen LogP contribution in [-0.4, -0.2) is 37.0 Å². The van der Waals surface area contributed by atoms with Crippen molar-refractivity contribution < 1.29 is 14.6 Å². The van der Waals surface area contributed by atoms with Gasteiger partial charge in [-0.25, -0.2) is 4.79 Å². The Balaban J connectivity index is 3.29. The van der Waals surface area contributed by atoms with Crippen molar-refractivity contribution in [1.82, 2.24) is 5.43 Å². The minimum Gasteiger partial charge on any atom is -0.462 e. The molecular weight excluding hydrogens is 160 g/mol. The van der Waals surface area contributed by atoms with E-state index in [1.165, 1.54) is 0 Å². The third kappa shape index (κ3) is 7.01. The summed E-state index contributed by atoms with van der Waals surface area (Å²) in [6.07, 6.45) is 1.68. The standard InChI is InChI=1S/C7H14N2O3/c1-2-12-7(11)6-9-8-4-3-5-10/h6,8,10H,2-5H2,1H3/b9-6+. The predicted octanol–water partition coefficient (Wildman–Crippen LogP) is -0.493. The lowest BCUT2D eigenvalue weighted by Crippen LogP contribution is -2.12. The van der Waals surface area contributed by atoms with Crippen LogP contribution in [-0.2, 0) is 9.53 Å². The summed E-state index contributed by atoms with van der Waals surface area (Å²) in [6.45, 7) is 2.74. The molecule has 0 aliphatic heterocycles. The van der Waals surface area contributed by atoms with Crippen molar-refractivity contribution in [3.05, 3.63) is 0 Å². The number of aliphatic hydroxyl groups excluding tert-OH is 1. The van der Waals surface area contributed by atoms with Gasteiger partial charge in [-0.05, 0) is 13.3 Å². The van der Waals surface area contributed by atoms with E-state index in [0.29, 0.717) is 19.6 Å². The van der Waals surface area contributed by atoms with Gasteiger partial charge in [0.2, 0.25) is 0 Å². The lowest BCUT2D eigenvalue weighted by molar-refractivity contribution is -0.134. The van der Waals surface area contributed by atoms with E-state index in [4.69, 9.17) is 5.11 Å². The first-order chi connectivity index (χ1) is 5.81. The Hall–Kier alpha value is -1.10. The molecule has 12 heavy (non-hydrogen) atoms. The van der Waals surface area contributed by atoms with Gasteiger partial charge in [0.15, 0.2) is 0 Å². The highest BCUT2D eigenvalue weighted by molar-refractivity contribution is 6.23. The molecule has 0 fully saturated rings. The van der Waals surface area contributed by atoms with Gasteiger partial charge in [-0.15, -0.1) is 0 Å². The van der Waals surface area contributed by atoms with Gasteiger partial charge in [0.05, 0.1) is 6.61 Å². The van der Waals surface area contributed by atoms with Crippen molar-refractivity contribution in [3.63, 3.8) is 0 Å². The molecule has 0 radical (unpaired) electrons. The molecule has 0 aliphatic rings. The second kappa shape index (κ2) is 8.00. The number of hydrogen-bond acceptors (Lipinski definition) is 5. The van der Waals surface area contributed by atoms with Crippen LogP contribution in [0.15, 0.2) is 5.10 Å². The zero-order valence-electron chi connectivity index (χ0n) is 7.12. The van der Waals surface area contributed by atoms with E-state index in [1.54, 1.807) is 6.92 Å². The number of aliphatic hydroxyl groups is 1. The molecule has 0 saturated heterocycles. The van der Waals surface area contributed by atoms with Crippen LogP contribution in [0.25, 0.3) is 0 Å². The van der Waals surface area contributed by atoms with E-state index < -0.39 is 5.97 Å². The lowest BCUT2D eigenvalue weighted by Gasteiger charge is -1.96. The predicted molar refractivity (Wildman–Crippen MR) is 44.8 cm³/mol. The average Bonchev–Trinajstić information content (AvgIpc) is 2.05. The molecule has 5 heteroatoms. The Morgan fingerprint density at radius 3 is 3.08 bits per heavy atom. The Morgan fingerprint density at radius 2 is 2.50 bits per heavy atom. The number of rotatable bonds is 6. The largest absolute Gasteiger partial charge is 0.462 e. The summed E-state index contributed by atoms with van der Waals surface area (Å²) in [5.74, 6) is -0.464. The van der Waals surface area contributed by atoms with Crippen LogP contribution in [0.1, 0.15) is 13.3 Å². The van der Waals surface area contributed by atoms with E-state index in [2.05, 4.69) is 15.3 Å². The average molecular weight is 174 g/mol. The number of esters is 1. The van der Waals surface area contributed by atoms with Crippen LogP contribution >= 0.6 is 0 Å². The Morgan fingerprint density at radius 1 is 1.75 bits per heavy atom. The van der Waals surface area contributed by atoms with E-state index in [-0.39, 0.29) is 6.61 Å². The van der Waals surface area contributed by atoms with Gasteiger partial charge in [0, 0.05) is 13.2 Å². The molecule has 0 unspecified atom stereocenters. The minimum atomic E-state index is -0.464. The molecule has 0 heterocycles. The number of hydrazone groups is 1. The third-order valence-corrected chi connectivity index (χ3v) is 0.995. The molecule has 0 rings (SSSR count). The van der Waals surface area contributed by atoms with Crippen molar-refractivity contribution >= 4 is 12.2 Å². The molecule has 0 aromatic heterocycles. The highest BCUT2D eigenvalue weighted by atomic mass is 16.5. The normalized spacial score (nSPS) is 10.2. The van der Waals surface area contributed by atoms with Crippen LogP contribution in [0.4, 0.5) is 0 Å². The Bertz CT molecular complexity index is 148. The van der Waals surface area contributed by atoms with Crippen molar-refractivity contribution in [1.29, 1.82) is 0 Å².